The Morgan fingerprint density at radius 2 is 2.12 bits per heavy atom. The van der Waals surface area contributed by atoms with Crippen LogP contribution in [0, 0.1) is 13.8 Å². The van der Waals surface area contributed by atoms with Crippen LogP contribution in [0.2, 0.25) is 0 Å². The van der Waals surface area contributed by atoms with Crippen LogP contribution in [0.3, 0.4) is 0 Å². The molecule has 2 N–H and O–H groups in total. The van der Waals surface area contributed by atoms with Gasteiger partial charge in [-0.3, -0.25) is 4.90 Å². The minimum Gasteiger partial charge on any atom is -0.323 e. The Morgan fingerprint density at radius 3 is 2.71 bits per heavy atom. The number of rotatable bonds is 3. The van der Waals surface area contributed by atoms with E-state index in [1.54, 1.807) is 0 Å². The summed E-state index contributed by atoms with van der Waals surface area (Å²) in [5.41, 5.74) is 10.3. The Bertz CT molecular complexity index is 387. The summed E-state index contributed by atoms with van der Waals surface area (Å²) >= 11 is 0. The molecule has 2 nitrogen and oxygen atoms in total. The number of nitrogens with zero attached hydrogens (tertiary/aromatic N) is 1. The van der Waals surface area contributed by atoms with Gasteiger partial charge in [0.15, 0.2) is 0 Å². The summed E-state index contributed by atoms with van der Waals surface area (Å²) in [7, 11) is 0. The molecule has 0 bridgehead atoms. The summed E-state index contributed by atoms with van der Waals surface area (Å²) < 4.78 is 0. The van der Waals surface area contributed by atoms with Crippen molar-refractivity contribution in [3.05, 3.63) is 34.9 Å². The van der Waals surface area contributed by atoms with Gasteiger partial charge in [-0.05, 0) is 56.8 Å². The maximum atomic E-state index is 6.31. The van der Waals surface area contributed by atoms with Crippen molar-refractivity contribution in [2.45, 2.75) is 45.7 Å². The molecule has 1 saturated heterocycles. The van der Waals surface area contributed by atoms with Gasteiger partial charge in [0, 0.05) is 18.6 Å². The fraction of sp³-hybridized carbons (Fsp3) is 0.600. The third-order valence-corrected chi connectivity index (χ3v) is 4.08. The van der Waals surface area contributed by atoms with Crippen LogP contribution in [0.1, 0.15) is 42.5 Å². The Hall–Kier alpha value is -0.860. The minimum absolute atomic E-state index is 0.148. The normalized spacial score (nSPS) is 22.9. The molecule has 1 aliphatic rings. The van der Waals surface area contributed by atoms with E-state index >= 15 is 0 Å². The zero-order chi connectivity index (χ0) is 12.4. The van der Waals surface area contributed by atoms with E-state index in [0.717, 1.165) is 6.54 Å². The van der Waals surface area contributed by atoms with Crippen molar-refractivity contribution in [3.8, 4) is 0 Å². The average molecular weight is 232 g/mol. The predicted molar refractivity (Wildman–Crippen MR) is 73.1 cm³/mol. The number of nitrogens with two attached hydrogens (primary N) is 1. The summed E-state index contributed by atoms with van der Waals surface area (Å²) in [6, 6.07) is 7.44. The zero-order valence-corrected chi connectivity index (χ0v) is 11.2. The fourth-order valence-corrected chi connectivity index (χ4v) is 2.62. The quantitative estimate of drug-likeness (QED) is 0.868. The van der Waals surface area contributed by atoms with Gasteiger partial charge in [0.1, 0.15) is 0 Å². The first-order valence-electron chi connectivity index (χ1n) is 6.64. The van der Waals surface area contributed by atoms with E-state index in [-0.39, 0.29) is 6.04 Å². The van der Waals surface area contributed by atoms with Gasteiger partial charge in [-0.2, -0.15) is 0 Å². The molecule has 1 fully saturated rings. The lowest BCUT2D eigenvalue weighted by atomic mass is 10.0. The first-order chi connectivity index (χ1) is 8.08. The second-order valence-electron chi connectivity index (χ2n) is 5.44. The molecule has 0 aliphatic carbocycles. The number of hydrogen-bond donors (Lipinski definition) is 1. The lowest BCUT2D eigenvalue weighted by Crippen LogP contribution is -2.34. The van der Waals surface area contributed by atoms with Crippen LogP contribution in [0.25, 0.3) is 0 Å². The molecule has 2 unspecified atom stereocenters. The molecule has 94 valence electrons. The van der Waals surface area contributed by atoms with Crippen molar-refractivity contribution < 1.29 is 0 Å². The van der Waals surface area contributed by atoms with E-state index in [1.165, 1.54) is 36.1 Å². The highest BCUT2D eigenvalue weighted by atomic mass is 15.2. The molecule has 0 radical (unpaired) electrons. The molecule has 0 aromatic heterocycles. The molecule has 1 heterocycles. The second kappa shape index (κ2) is 5.19. The maximum Gasteiger partial charge on any atom is 0.0424 e. The van der Waals surface area contributed by atoms with Crippen molar-refractivity contribution in [1.82, 2.24) is 4.90 Å². The Labute approximate surface area is 105 Å². The van der Waals surface area contributed by atoms with Crippen molar-refractivity contribution in [3.63, 3.8) is 0 Å². The largest absolute Gasteiger partial charge is 0.323 e. The molecular weight excluding hydrogens is 208 g/mol. The number of benzene rings is 1. The molecule has 17 heavy (non-hydrogen) atoms. The summed E-state index contributed by atoms with van der Waals surface area (Å²) in [6.45, 7) is 8.81. The highest BCUT2D eigenvalue weighted by molar-refractivity contribution is 5.31. The van der Waals surface area contributed by atoms with Gasteiger partial charge in [0.2, 0.25) is 0 Å². The van der Waals surface area contributed by atoms with Crippen molar-refractivity contribution in [2.75, 3.05) is 13.1 Å². The third kappa shape index (κ3) is 2.88. The van der Waals surface area contributed by atoms with Crippen molar-refractivity contribution in [2.24, 2.45) is 5.73 Å². The summed E-state index contributed by atoms with van der Waals surface area (Å²) in [6.07, 6.45) is 2.64. The topological polar surface area (TPSA) is 29.3 Å². The standard InChI is InChI=1S/C15H24N2/c1-11-6-7-14(9-12(11)2)15(16)10-17-8-4-5-13(17)3/h6-7,9,13,15H,4-5,8,10,16H2,1-3H3. The molecule has 1 aromatic rings. The Balaban J connectivity index is 2.03. The van der Waals surface area contributed by atoms with Crippen LogP contribution < -0.4 is 5.73 Å². The van der Waals surface area contributed by atoms with E-state index in [1.807, 2.05) is 0 Å². The number of likely N-dealkylation sites (tertiary alicyclic amines) is 1. The average Bonchev–Trinajstić information content (AvgIpc) is 2.68. The number of hydrogen-bond acceptors (Lipinski definition) is 2. The van der Waals surface area contributed by atoms with Crippen LogP contribution >= 0.6 is 0 Å². The van der Waals surface area contributed by atoms with E-state index in [2.05, 4.69) is 43.9 Å². The molecule has 2 heteroatoms. The SMILES string of the molecule is Cc1ccc(C(N)CN2CCCC2C)cc1C. The first kappa shape index (κ1) is 12.6. The first-order valence-corrected chi connectivity index (χ1v) is 6.64. The molecule has 0 saturated carbocycles. The fourth-order valence-electron chi connectivity index (χ4n) is 2.62. The Morgan fingerprint density at radius 1 is 1.35 bits per heavy atom. The highest BCUT2D eigenvalue weighted by Crippen LogP contribution is 2.21. The monoisotopic (exact) mass is 232 g/mol. The predicted octanol–water partition coefficient (Wildman–Crippen LogP) is 2.79. The molecular formula is C15H24N2. The van der Waals surface area contributed by atoms with Crippen LogP contribution in [0.4, 0.5) is 0 Å². The molecule has 0 spiro atoms. The van der Waals surface area contributed by atoms with Gasteiger partial charge < -0.3 is 5.73 Å². The van der Waals surface area contributed by atoms with Crippen molar-refractivity contribution in [1.29, 1.82) is 0 Å². The number of aryl methyl sites for hydroxylation is 2. The molecule has 0 amide bonds. The highest BCUT2D eigenvalue weighted by Gasteiger charge is 2.22. The molecule has 1 aromatic carbocycles. The van der Waals surface area contributed by atoms with E-state index in [4.69, 9.17) is 5.73 Å². The van der Waals surface area contributed by atoms with E-state index in [9.17, 15) is 0 Å². The Kier molecular flexibility index (Phi) is 3.85. The van der Waals surface area contributed by atoms with Crippen LogP contribution in [-0.2, 0) is 0 Å². The maximum absolute atomic E-state index is 6.31. The van der Waals surface area contributed by atoms with Crippen LogP contribution in [0.5, 0.6) is 0 Å². The lowest BCUT2D eigenvalue weighted by Gasteiger charge is -2.25. The van der Waals surface area contributed by atoms with E-state index < -0.39 is 0 Å². The van der Waals surface area contributed by atoms with Gasteiger partial charge in [-0.1, -0.05) is 18.2 Å². The summed E-state index contributed by atoms with van der Waals surface area (Å²) in [5.74, 6) is 0. The lowest BCUT2D eigenvalue weighted by molar-refractivity contribution is 0.252. The van der Waals surface area contributed by atoms with Gasteiger partial charge in [0.25, 0.3) is 0 Å². The molecule has 2 atom stereocenters. The minimum atomic E-state index is 0.148. The van der Waals surface area contributed by atoms with Crippen LogP contribution in [-0.4, -0.2) is 24.0 Å². The molecule has 2 rings (SSSR count). The summed E-state index contributed by atoms with van der Waals surface area (Å²) in [4.78, 5) is 2.51. The van der Waals surface area contributed by atoms with Gasteiger partial charge in [-0.25, -0.2) is 0 Å². The van der Waals surface area contributed by atoms with Gasteiger partial charge in [-0.15, -0.1) is 0 Å². The van der Waals surface area contributed by atoms with Gasteiger partial charge >= 0.3 is 0 Å². The van der Waals surface area contributed by atoms with E-state index in [0.29, 0.717) is 6.04 Å². The smallest absolute Gasteiger partial charge is 0.0424 e. The van der Waals surface area contributed by atoms with Crippen molar-refractivity contribution >= 4 is 0 Å². The molecule has 1 aliphatic heterocycles. The van der Waals surface area contributed by atoms with Crippen LogP contribution in [0.15, 0.2) is 18.2 Å². The third-order valence-electron chi connectivity index (χ3n) is 4.08. The van der Waals surface area contributed by atoms with Gasteiger partial charge in [0.05, 0.1) is 0 Å². The summed E-state index contributed by atoms with van der Waals surface area (Å²) in [5, 5.41) is 0. The zero-order valence-electron chi connectivity index (χ0n) is 11.2. The second-order valence-corrected chi connectivity index (χ2v) is 5.44.